The number of hydrogen-bond donors (Lipinski definition) is 0. The van der Waals surface area contributed by atoms with Crippen molar-refractivity contribution >= 4 is 17.3 Å². The van der Waals surface area contributed by atoms with Gasteiger partial charge < -0.3 is 14.2 Å². The smallest absolute Gasteiger partial charge is 0.330 e. The van der Waals surface area contributed by atoms with E-state index in [0.717, 1.165) is 33.8 Å². The number of ketones is 1. The maximum Gasteiger partial charge on any atom is 0.330 e. The lowest BCUT2D eigenvalue weighted by Crippen LogP contribution is -1.97. The minimum absolute atomic E-state index is 0.0511. The number of Topliss-reactive ketones (excluding diaryl/α,β-unsaturated/α-hetero) is 1. The molecule has 0 radical (unpaired) electrons. The molecule has 0 heterocycles. The van der Waals surface area contributed by atoms with Gasteiger partial charge in [0.25, 0.3) is 0 Å². The number of methoxy groups -OCH3 is 1. The van der Waals surface area contributed by atoms with E-state index in [-0.39, 0.29) is 11.8 Å². The zero-order chi connectivity index (χ0) is 27.2. The third-order valence-electron chi connectivity index (χ3n) is 5.56. The minimum Gasteiger partial charge on any atom is -0.489 e. The maximum absolute atomic E-state index is 11.3. The Morgan fingerprint density at radius 3 is 1.58 bits per heavy atom. The fourth-order valence-corrected chi connectivity index (χ4v) is 3.44. The normalized spacial score (nSPS) is 10.6. The molecular weight excluding hydrogens is 476 g/mol. The van der Waals surface area contributed by atoms with E-state index in [0.29, 0.717) is 18.8 Å². The van der Waals surface area contributed by atoms with Crippen molar-refractivity contribution in [1.29, 1.82) is 0 Å². The van der Waals surface area contributed by atoms with E-state index in [1.807, 2.05) is 104 Å². The van der Waals surface area contributed by atoms with Crippen LogP contribution < -0.4 is 9.47 Å². The molecule has 194 valence electrons. The third-order valence-corrected chi connectivity index (χ3v) is 5.56. The van der Waals surface area contributed by atoms with Gasteiger partial charge in [-0.2, -0.15) is 0 Å². The number of rotatable bonds is 9. The number of esters is 1. The Morgan fingerprint density at radius 2 is 1.11 bits per heavy atom. The molecule has 0 spiro atoms. The van der Waals surface area contributed by atoms with Crippen molar-refractivity contribution in [1.82, 2.24) is 0 Å². The van der Waals surface area contributed by atoms with Crippen LogP contribution in [0.25, 0.3) is 5.57 Å². The number of carbonyl (C=O) groups is 2. The second kappa shape index (κ2) is 14.8. The molecule has 38 heavy (non-hydrogen) atoms. The second-order valence-corrected chi connectivity index (χ2v) is 8.51. The van der Waals surface area contributed by atoms with Crippen molar-refractivity contribution in [2.45, 2.75) is 27.1 Å². The molecule has 0 aliphatic carbocycles. The molecule has 0 amide bonds. The highest BCUT2D eigenvalue weighted by Crippen LogP contribution is 2.21. The molecule has 5 nitrogen and oxygen atoms in total. The van der Waals surface area contributed by atoms with Gasteiger partial charge in [0.05, 0.1) is 7.11 Å². The van der Waals surface area contributed by atoms with Crippen molar-refractivity contribution in [2.24, 2.45) is 0 Å². The predicted molar refractivity (Wildman–Crippen MR) is 150 cm³/mol. The highest BCUT2D eigenvalue weighted by molar-refractivity contribution is 5.94. The van der Waals surface area contributed by atoms with Gasteiger partial charge in [-0.1, -0.05) is 84.9 Å². The van der Waals surface area contributed by atoms with Crippen LogP contribution in [0.4, 0.5) is 0 Å². The fraction of sp³-hybridized carbons (Fsp3) is 0.152. The monoisotopic (exact) mass is 508 g/mol. The molecular formula is C33H32O5. The second-order valence-electron chi connectivity index (χ2n) is 8.51. The van der Waals surface area contributed by atoms with Crippen molar-refractivity contribution in [3.05, 3.63) is 138 Å². The van der Waals surface area contributed by atoms with E-state index in [9.17, 15) is 9.59 Å². The lowest BCUT2D eigenvalue weighted by atomic mass is 10.1. The van der Waals surface area contributed by atoms with Gasteiger partial charge in [0, 0.05) is 11.6 Å². The highest BCUT2D eigenvalue weighted by Gasteiger charge is 2.03. The zero-order valence-electron chi connectivity index (χ0n) is 21.9. The number of benzene rings is 4. The van der Waals surface area contributed by atoms with Gasteiger partial charge in [-0.05, 0) is 60.4 Å². The quantitative estimate of drug-likeness (QED) is 0.135. The minimum atomic E-state index is -0.358. The molecule has 0 bridgehead atoms. The molecule has 0 fully saturated rings. The molecule has 4 aromatic carbocycles. The predicted octanol–water partition coefficient (Wildman–Crippen LogP) is 7.31. The summed E-state index contributed by atoms with van der Waals surface area (Å²) < 4.78 is 16.0. The van der Waals surface area contributed by atoms with Crippen LogP contribution in [0.1, 0.15) is 40.9 Å². The molecule has 0 aliphatic heterocycles. The van der Waals surface area contributed by atoms with Crippen molar-refractivity contribution in [3.63, 3.8) is 0 Å². The summed E-state index contributed by atoms with van der Waals surface area (Å²) in [4.78, 5) is 22.5. The number of carbonyl (C=O) groups excluding carboxylic acids is 2. The summed E-state index contributed by atoms with van der Waals surface area (Å²) in [6, 6.07) is 34.8. The lowest BCUT2D eigenvalue weighted by Gasteiger charge is -2.08. The Hall–Kier alpha value is -4.64. The molecule has 5 heteroatoms. The molecule has 4 rings (SSSR count). The van der Waals surface area contributed by atoms with Crippen molar-refractivity contribution in [3.8, 4) is 11.5 Å². The van der Waals surface area contributed by atoms with Gasteiger partial charge in [0.15, 0.2) is 5.78 Å². The molecule has 0 N–H and O–H groups in total. The van der Waals surface area contributed by atoms with E-state index in [1.165, 1.54) is 13.2 Å². The zero-order valence-corrected chi connectivity index (χ0v) is 21.9. The summed E-state index contributed by atoms with van der Waals surface area (Å²) >= 11 is 0. The lowest BCUT2D eigenvalue weighted by molar-refractivity contribution is -0.134. The number of ether oxygens (including phenoxy) is 3. The summed E-state index contributed by atoms with van der Waals surface area (Å²) in [6.07, 6.45) is 1.47. The van der Waals surface area contributed by atoms with E-state index in [2.05, 4.69) is 4.74 Å². The number of hydrogen-bond acceptors (Lipinski definition) is 5. The molecule has 4 aromatic rings. The molecule has 0 atom stereocenters. The van der Waals surface area contributed by atoms with Crippen LogP contribution >= 0.6 is 0 Å². The highest BCUT2D eigenvalue weighted by atomic mass is 16.5. The van der Waals surface area contributed by atoms with Gasteiger partial charge in [-0.3, -0.25) is 4.79 Å². The third kappa shape index (κ3) is 9.43. The summed E-state index contributed by atoms with van der Waals surface area (Å²) in [5.74, 6) is 1.19. The Kier molecular flexibility index (Phi) is 10.9. The Morgan fingerprint density at radius 1 is 0.632 bits per heavy atom. The van der Waals surface area contributed by atoms with Crippen LogP contribution in [0.2, 0.25) is 0 Å². The largest absolute Gasteiger partial charge is 0.489 e. The molecule has 0 unspecified atom stereocenters. The molecule has 0 aliphatic rings. The summed E-state index contributed by atoms with van der Waals surface area (Å²) in [6.45, 7) is 4.45. The van der Waals surface area contributed by atoms with Crippen molar-refractivity contribution in [2.75, 3.05) is 7.11 Å². The van der Waals surface area contributed by atoms with Crippen LogP contribution in [-0.2, 0) is 22.7 Å². The van der Waals surface area contributed by atoms with Gasteiger partial charge in [0.2, 0.25) is 0 Å². The summed E-state index contributed by atoms with van der Waals surface area (Å²) in [5, 5.41) is 0. The summed E-state index contributed by atoms with van der Waals surface area (Å²) in [7, 11) is 1.37. The number of allylic oxidation sites excluding steroid dienone is 1. The first kappa shape index (κ1) is 27.9. The van der Waals surface area contributed by atoms with Gasteiger partial charge in [-0.25, -0.2) is 4.79 Å². The van der Waals surface area contributed by atoms with Gasteiger partial charge >= 0.3 is 5.97 Å². The molecule has 0 aromatic heterocycles. The summed E-state index contributed by atoms with van der Waals surface area (Å²) in [5.41, 5.74) is 4.68. The average Bonchev–Trinajstić information content (AvgIpc) is 2.96. The van der Waals surface area contributed by atoms with E-state index < -0.39 is 0 Å². The van der Waals surface area contributed by atoms with Crippen LogP contribution in [-0.4, -0.2) is 18.9 Å². The molecule has 0 saturated heterocycles. The Balaban J connectivity index is 0.000000215. The Bertz CT molecular complexity index is 1340. The fourth-order valence-electron chi connectivity index (χ4n) is 3.44. The van der Waals surface area contributed by atoms with E-state index in [4.69, 9.17) is 9.47 Å². The maximum atomic E-state index is 11.3. The standard InChI is InChI=1S/C18H18O3.C15H14O2/c1-14(11-18(19)20-2)16-9-6-10-17(12-16)21-13-15-7-4-3-5-8-15;1-12(16)14-8-5-9-15(10-14)17-11-13-6-3-2-4-7-13/h3-12H,13H2,1-2H3;2-10H,11H2,1H3/b14-11+;. The van der Waals surface area contributed by atoms with Crippen LogP contribution in [0, 0.1) is 0 Å². The first-order chi connectivity index (χ1) is 18.4. The first-order valence-electron chi connectivity index (χ1n) is 12.3. The van der Waals surface area contributed by atoms with Crippen LogP contribution in [0.5, 0.6) is 11.5 Å². The van der Waals surface area contributed by atoms with Crippen molar-refractivity contribution < 1.29 is 23.8 Å². The van der Waals surface area contributed by atoms with Gasteiger partial charge in [-0.15, -0.1) is 0 Å². The average molecular weight is 509 g/mol. The SMILES string of the molecule is CC(=O)c1cccc(OCc2ccccc2)c1.COC(=O)/C=C(\C)c1cccc(OCc2ccccc2)c1. The van der Waals surface area contributed by atoms with E-state index in [1.54, 1.807) is 19.1 Å². The first-order valence-corrected chi connectivity index (χ1v) is 12.3. The molecule has 0 saturated carbocycles. The van der Waals surface area contributed by atoms with E-state index >= 15 is 0 Å². The topological polar surface area (TPSA) is 61.8 Å². The van der Waals surface area contributed by atoms with Crippen LogP contribution in [0.15, 0.2) is 115 Å². The van der Waals surface area contributed by atoms with Crippen LogP contribution in [0.3, 0.4) is 0 Å². The van der Waals surface area contributed by atoms with Gasteiger partial charge in [0.1, 0.15) is 24.7 Å². The Labute approximate surface area is 224 Å².